The van der Waals surface area contributed by atoms with Crippen LogP contribution < -0.4 is 4.74 Å². The minimum Gasteiger partial charge on any atom is -0.497 e. The molecule has 2 aromatic carbocycles. The number of ether oxygens (including phenoxy) is 2. The van der Waals surface area contributed by atoms with E-state index in [1.54, 1.807) is 25.3 Å². The van der Waals surface area contributed by atoms with Crippen LogP contribution in [0.25, 0.3) is 11.3 Å². The summed E-state index contributed by atoms with van der Waals surface area (Å²) < 4.78 is 16.6. The first kappa shape index (κ1) is 16.5. The predicted octanol–water partition coefficient (Wildman–Crippen LogP) is 4.31. The maximum Gasteiger partial charge on any atom is 0.339 e. The number of benzene rings is 2. The van der Waals surface area contributed by atoms with Crippen molar-refractivity contribution in [3.63, 3.8) is 0 Å². The van der Waals surface area contributed by atoms with E-state index >= 15 is 0 Å². The number of halogens is 1. The number of carbonyl (C=O) groups excluding carboxylic acids is 1. The zero-order valence-electron chi connectivity index (χ0n) is 12.9. The van der Waals surface area contributed by atoms with Crippen LogP contribution in [0.5, 0.6) is 5.75 Å². The minimum absolute atomic E-state index is 0.0590. The maximum atomic E-state index is 12.1. The largest absolute Gasteiger partial charge is 0.497 e. The quantitative estimate of drug-likeness (QED) is 0.442. The van der Waals surface area contributed by atoms with E-state index in [1.165, 1.54) is 0 Å². The van der Waals surface area contributed by atoms with Gasteiger partial charge in [-0.15, -0.1) is 0 Å². The second-order valence-corrected chi connectivity index (χ2v) is 6.13. The Labute approximate surface area is 152 Å². The van der Waals surface area contributed by atoms with E-state index in [9.17, 15) is 4.79 Å². The van der Waals surface area contributed by atoms with Crippen molar-refractivity contribution in [1.29, 1.82) is 0 Å². The van der Waals surface area contributed by atoms with Gasteiger partial charge in [-0.3, -0.25) is 0 Å². The van der Waals surface area contributed by atoms with Gasteiger partial charge in [0.1, 0.15) is 18.1 Å². The van der Waals surface area contributed by atoms with E-state index in [1.807, 2.05) is 36.4 Å². The third-order valence-corrected chi connectivity index (χ3v) is 4.32. The van der Waals surface area contributed by atoms with Crippen LogP contribution in [0.3, 0.4) is 0 Å². The first-order chi connectivity index (χ1) is 11.7. The third-order valence-electron chi connectivity index (χ3n) is 3.38. The van der Waals surface area contributed by atoms with Gasteiger partial charge in [0, 0.05) is 15.2 Å². The fraction of sp³-hybridized carbons (Fsp3) is 0.111. The summed E-state index contributed by atoms with van der Waals surface area (Å²) in [6.45, 7) is 0.0590. The van der Waals surface area contributed by atoms with Crippen molar-refractivity contribution < 1.29 is 18.8 Å². The van der Waals surface area contributed by atoms with Gasteiger partial charge in [-0.25, -0.2) is 4.79 Å². The van der Waals surface area contributed by atoms with Gasteiger partial charge in [0.25, 0.3) is 0 Å². The molecule has 0 aliphatic heterocycles. The Morgan fingerprint density at radius 3 is 2.62 bits per heavy atom. The molecule has 0 saturated carbocycles. The summed E-state index contributed by atoms with van der Waals surface area (Å²) in [5.74, 6) is 0.997. The summed E-state index contributed by atoms with van der Waals surface area (Å²) in [6, 6.07) is 16.5. The lowest BCUT2D eigenvalue weighted by atomic mass is 10.1. The Bertz CT molecular complexity index is 842. The summed E-state index contributed by atoms with van der Waals surface area (Å²) in [7, 11) is 1.61. The van der Waals surface area contributed by atoms with Crippen LogP contribution >= 0.6 is 22.6 Å². The van der Waals surface area contributed by atoms with Crippen molar-refractivity contribution in [2.24, 2.45) is 0 Å². The first-order valence-corrected chi connectivity index (χ1v) is 8.27. The molecule has 0 fully saturated rings. The summed E-state index contributed by atoms with van der Waals surface area (Å²) >= 11 is 2.10. The Balaban J connectivity index is 1.66. The molecular weight excluding hydrogens is 421 g/mol. The minimum atomic E-state index is -0.381. The zero-order chi connectivity index (χ0) is 16.9. The highest BCUT2D eigenvalue weighted by atomic mass is 127. The third kappa shape index (κ3) is 3.76. The molecule has 1 aromatic heterocycles. The molecule has 6 heteroatoms. The zero-order valence-corrected chi connectivity index (χ0v) is 15.0. The Morgan fingerprint density at radius 2 is 1.92 bits per heavy atom. The van der Waals surface area contributed by atoms with Crippen molar-refractivity contribution in [3.05, 3.63) is 69.4 Å². The number of hydrogen-bond donors (Lipinski definition) is 0. The van der Waals surface area contributed by atoms with Gasteiger partial charge in [-0.1, -0.05) is 17.3 Å². The Kier molecular flexibility index (Phi) is 5.14. The molecule has 0 saturated heterocycles. The molecule has 0 aliphatic carbocycles. The molecule has 0 unspecified atom stereocenters. The van der Waals surface area contributed by atoms with E-state index in [0.717, 1.165) is 14.9 Å². The van der Waals surface area contributed by atoms with Crippen LogP contribution in [0.4, 0.5) is 0 Å². The van der Waals surface area contributed by atoms with Crippen molar-refractivity contribution in [3.8, 4) is 17.1 Å². The molecule has 0 atom stereocenters. The molecule has 0 N–H and O–H groups in total. The van der Waals surface area contributed by atoms with E-state index in [2.05, 4.69) is 27.7 Å². The van der Waals surface area contributed by atoms with Crippen LogP contribution in [0.1, 0.15) is 16.1 Å². The lowest BCUT2D eigenvalue weighted by Crippen LogP contribution is -2.07. The van der Waals surface area contributed by atoms with E-state index in [-0.39, 0.29) is 12.6 Å². The van der Waals surface area contributed by atoms with Crippen LogP contribution in [0.15, 0.2) is 59.1 Å². The molecule has 3 aromatic rings. The summed E-state index contributed by atoms with van der Waals surface area (Å²) in [4.78, 5) is 12.1. The number of nitrogens with zero attached hydrogens (tertiary/aromatic N) is 1. The Hall–Kier alpha value is -2.35. The molecule has 1 heterocycles. The van der Waals surface area contributed by atoms with Crippen molar-refractivity contribution in [2.45, 2.75) is 6.61 Å². The fourth-order valence-corrected chi connectivity index (χ4v) is 2.72. The van der Waals surface area contributed by atoms with Gasteiger partial charge in [0.2, 0.25) is 0 Å². The highest BCUT2D eigenvalue weighted by Gasteiger charge is 2.13. The summed E-state index contributed by atoms with van der Waals surface area (Å²) in [5.41, 5.74) is 1.97. The van der Waals surface area contributed by atoms with Gasteiger partial charge < -0.3 is 14.0 Å². The van der Waals surface area contributed by atoms with E-state index < -0.39 is 0 Å². The van der Waals surface area contributed by atoms with Crippen LogP contribution in [0.2, 0.25) is 0 Å². The van der Waals surface area contributed by atoms with Crippen molar-refractivity contribution >= 4 is 28.6 Å². The smallest absolute Gasteiger partial charge is 0.339 e. The fourth-order valence-electron chi connectivity index (χ4n) is 2.12. The normalized spacial score (nSPS) is 10.4. The number of methoxy groups -OCH3 is 1. The molecule has 3 rings (SSSR count). The number of rotatable bonds is 5. The lowest BCUT2D eigenvalue weighted by Gasteiger charge is -2.04. The number of carbonyl (C=O) groups is 1. The number of aromatic nitrogens is 1. The molecule has 0 amide bonds. The molecule has 5 nitrogen and oxygen atoms in total. The molecule has 24 heavy (non-hydrogen) atoms. The van der Waals surface area contributed by atoms with E-state index in [4.69, 9.17) is 14.0 Å². The van der Waals surface area contributed by atoms with Gasteiger partial charge in [0.15, 0.2) is 5.76 Å². The topological polar surface area (TPSA) is 61.6 Å². The highest BCUT2D eigenvalue weighted by molar-refractivity contribution is 14.1. The predicted molar refractivity (Wildman–Crippen MR) is 96.8 cm³/mol. The monoisotopic (exact) mass is 435 g/mol. The van der Waals surface area contributed by atoms with Crippen LogP contribution in [-0.2, 0) is 11.3 Å². The van der Waals surface area contributed by atoms with Crippen LogP contribution in [0, 0.1) is 3.57 Å². The van der Waals surface area contributed by atoms with Crippen molar-refractivity contribution in [1.82, 2.24) is 5.16 Å². The first-order valence-electron chi connectivity index (χ1n) is 7.19. The molecule has 122 valence electrons. The van der Waals surface area contributed by atoms with Gasteiger partial charge in [0.05, 0.1) is 12.7 Å². The second-order valence-electron chi connectivity index (χ2n) is 4.97. The summed E-state index contributed by atoms with van der Waals surface area (Å²) in [5, 5.41) is 3.94. The molecule has 0 radical (unpaired) electrons. The average Bonchev–Trinajstić information content (AvgIpc) is 3.09. The van der Waals surface area contributed by atoms with Gasteiger partial charge in [-0.2, -0.15) is 0 Å². The standard InChI is InChI=1S/C18H14INO4/c1-22-14-8-6-12(7-9-14)17-10-13(20-24-17)11-23-18(21)15-4-2-3-5-16(15)19/h2-10H,11H2,1H3. The SMILES string of the molecule is COc1ccc(-c2cc(COC(=O)c3ccccc3I)no2)cc1. The number of hydrogen-bond acceptors (Lipinski definition) is 5. The molecule has 0 aliphatic rings. The van der Waals surface area contributed by atoms with Gasteiger partial charge in [-0.05, 0) is 59.0 Å². The van der Waals surface area contributed by atoms with Crippen LogP contribution in [-0.4, -0.2) is 18.2 Å². The molecule has 0 spiro atoms. The summed E-state index contributed by atoms with van der Waals surface area (Å²) in [6.07, 6.45) is 0. The second kappa shape index (κ2) is 7.48. The van der Waals surface area contributed by atoms with E-state index in [0.29, 0.717) is 17.0 Å². The maximum absolute atomic E-state index is 12.1. The lowest BCUT2D eigenvalue weighted by molar-refractivity contribution is 0.0463. The van der Waals surface area contributed by atoms with Gasteiger partial charge >= 0.3 is 5.97 Å². The average molecular weight is 435 g/mol. The Morgan fingerprint density at radius 1 is 1.17 bits per heavy atom. The van der Waals surface area contributed by atoms with Crippen molar-refractivity contribution in [2.75, 3.05) is 7.11 Å². The molecule has 0 bridgehead atoms. The highest BCUT2D eigenvalue weighted by Crippen LogP contribution is 2.23. The number of esters is 1. The molecular formula is C18H14INO4.